The third-order valence-electron chi connectivity index (χ3n) is 2.53. The molecule has 0 aliphatic carbocycles. The lowest BCUT2D eigenvalue weighted by atomic mass is 10.2. The maximum atomic E-state index is 12.6. The van der Waals surface area contributed by atoms with Gasteiger partial charge in [0.25, 0.3) is 0 Å². The van der Waals surface area contributed by atoms with Crippen LogP contribution in [0.3, 0.4) is 0 Å². The summed E-state index contributed by atoms with van der Waals surface area (Å²) < 4.78 is 39.3. The molecule has 2 rings (SSSR count). The Kier molecular flexibility index (Phi) is 3.79. The van der Waals surface area contributed by atoms with Crippen LogP contribution in [-0.4, -0.2) is 14.8 Å². The first-order valence-electron chi connectivity index (χ1n) is 5.31. The van der Waals surface area contributed by atoms with Crippen LogP contribution < -0.4 is 5.32 Å². The Balaban J connectivity index is 2.11. The number of nitrogens with zero attached hydrogens (tertiary/aromatic N) is 3. The first-order valence-corrected chi connectivity index (χ1v) is 6.10. The summed E-state index contributed by atoms with van der Waals surface area (Å²) in [5.74, 6) is 0.691. The lowest BCUT2D eigenvalue weighted by molar-refractivity contribution is -0.138. The fraction of sp³-hybridized carbons (Fsp3) is 0.273. The lowest BCUT2D eigenvalue weighted by Gasteiger charge is -2.11. The average molecular weight is 335 g/mol. The van der Waals surface area contributed by atoms with E-state index in [9.17, 15) is 13.2 Å². The topological polar surface area (TPSA) is 42.7 Å². The minimum Gasteiger partial charge on any atom is -0.378 e. The molecule has 0 amide bonds. The van der Waals surface area contributed by atoms with Gasteiger partial charge in [-0.3, -0.25) is 4.68 Å². The number of aryl methyl sites for hydroxylation is 1. The predicted octanol–water partition coefficient (Wildman–Crippen LogP) is 3.21. The van der Waals surface area contributed by atoms with Gasteiger partial charge in [-0.1, -0.05) is 15.9 Å². The molecule has 0 saturated heterocycles. The Bertz CT molecular complexity index is 580. The largest absolute Gasteiger partial charge is 0.417 e. The molecule has 2 aromatic rings. The molecule has 0 saturated carbocycles. The molecule has 1 N–H and O–H groups in total. The summed E-state index contributed by atoms with van der Waals surface area (Å²) in [6, 6.07) is 3.80. The Morgan fingerprint density at radius 1 is 1.37 bits per heavy atom. The molecular weight excluding hydrogens is 325 g/mol. The van der Waals surface area contributed by atoms with Crippen LogP contribution in [0.2, 0.25) is 0 Å². The van der Waals surface area contributed by atoms with Crippen LogP contribution in [0.15, 0.2) is 29.0 Å². The van der Waals surface area contributed by atoms with Gasteiger partial charge < -0.3 is 5.32 Å². The number of benzene rings is 1. The van der Waals surface area contributed by atoms with E-state index in [2.05, 4.69) is 31.3 Å². The monoisotopic (exact) mass is 334 g/mol. The summed E-state index contributed by atoms with van der Waals surface area (Å²) in [5, 5.41) is 6.89. The lowest BCUT2D eigenvalue weighted by Crippen LogP contribution is -2.08. The van der Waals surface area contributed by atoms with E-state index in [1.165, 1.54) is 18.5 Å². The molecule has 8 heteroatoms. The second-order valence-corrected chi connectivity index (χ2v) is 4.70. The Hall–Kier alpha value is -1.57. The quantitative estimate of drug-likeness (QED) is 0.937. The number of hydrogen-bond donors (Lipinski definition) is 1. The van der Waals surface area contributed by atoms with Crippen molar-refractivity contribution in [3.05, 3.63) is 40.4 Å². The summed E-state index contributed by atoms with van der Waals surface area (Å²) in [6.07, 6.45) is -2.94. The van der Waals surface area contributed by atoms with Gasteiger partial charge in [0.05, 0.1) is 12.1 Å². The summed E-state index contributed by atoms with van der Waals surface area (Å²) in [5.41, 5.74) is -0.125. The average Bonchev–Trinajstić information content (AvgIpc) is 2.70. The van der Waals surface area contributed by atoms with Gasteiger partial charge in [-0.2, -0.15) is 18.3 Å². The molecule has 0 spiro atoms. The van der Waals surface area contributed by atoms with Crippen LogP contribution in [0.1, 0.15) is 11.4 Å². The molecule has 1 heterocycles. The number of alkyl halides is 3. The maximum Gasteiger partial charge on any atom is 0.417 e. The summed E-state index contributed by atoms with van der Waals surface area (Å²) in [7, 11) is 1.74. The molecule has 19 heavy (non-hydrogen) atoms. The number of nitrogens with one attached hydrogen (secondary N) is 1. The molecule has 0 radical (unpaired) electrons. The molecule has 0 aliphatic heterocycles. The van der Waals surface area contributed by atoms with Crippen molar-refractivity contribution in [1.29, 1.82) is 0 Å². The van der Waals surface area contributed by atoms with Crippen LogP contribution >= 0.6 is 15.9 Å². The van der Waals surface area contributed by atoms with Crippen LogP contribution in [-0.2, 0) is 19.8 Å². The molecular formula is C11H10BrF3N4. The molecule has 0 fully saturated rings. The fourth-order valence-corrected chi connectivity index (χ4v) is 2.12. The molecule has 0 unspecified atom stereocenters. The second kappa shape index (κ2) is 5.20. The van der Waals surface area contributed by atoms with Crippen molar-refractivity contribution in [3.63, 3.8) is 0 Å². The zero-order valence-corrected chi connectivity index (χ0v) is 11.5. The first-order chi connectivity index (χ1) is 8.88. The minimum atomic E-state index is -4.36. The zero-order chi connectivity index (χ0) is 14.0. The third kappa shape index (κ3) is 3.25. The normalized spacial score (nSPS) is 11.6. The molecule has 102 valence electrons. The van der Waals surface area contributed by atoms with E-state index >= 15 is 0 Å². The van der Waals surface area contributed by atoms with E-state index in [4.69, 9.17) is 0 Å². The SMILES string of the molecule is Cn1ncnc1CNc1ccc(C(F)(F)F)c(Br)c1. The highest BCUT2D eigenvalue weighted by Crippen LogP contribution is 2.36. The molecule has 0 atom stereocenters. The summed E-state index contributed by atoms with van der Waals surface area (Å²) in [4.78, 5) is 4.01. The van der Waals surface area contributed by atoms with Gasteiger partial charge in [-0.15, -0.1) is 0 Å². The van der Waals surface area contributed by atoms with Gasteiger partial charge in [-0.05, 0) is 18.2 Å². The summed E-state index contributed by atoms with van der Waals surface area (Å²) >= 11 is 2.92. The highest BCUT2D eigenvalue weighted by Gasteiger charge is 2.32. The van der Waals surface area contributed by atoms with Gasteiger partial charge in [-0.25, -0.2) is 4.98 Å². The van der Waals surface area contributed by atoms with E-state index in [-0.39, 0.29) is 4.47 Å². The van der Waals surface area contributed by atoms with Crippen LogP contribution in [0.5, 0.6) is 0 Å². The van der Waals surface area contributed by atoms with Crippen molar-refractivity contribution in [1.82, 2.24) is 14.8 Å². The Labute approximate surface area is 115 Å². The second-order valence-electron chi connectivity index (χ2n) is 3.85. The molecule has 0 aliphatic rings. The Morgan fingerprint density at radius 3 is 2.63 bits per heavy atom. The van der Waals surface area contributed by atoms with E-state index in [1.54, 1.807) is 11.7 Å². The van der Waals surface area contributed by atoms with E-state index in [1.807, 2.05) is 0 Å². The van der Waals surface area contributed by atoms with Crippen molar-refractivity contribution in [2.75, 3.05) is 5.32 Å². The third-order valence-corrected chi connectivity index (χ3v) is 3.19. The summed E-state index contributed by atoms with van der Waals surface area (Å²) in [6.45, 7) is 0.383. The highest BCUT2D eigenvalue weighted by atomic mass is 79.9. The minimum absolute atomic E-state index is 0.00275. The number of rotatable bonds is 3. The van der Waals surface area contributed by atoms with E-state index < -0.39 is 11.7 Å². The number of hydrogen-bond acceptors (Lipinski definition) is 3. The molecule has 0 bridgehead atoms. The van der Waals surface area contributed by atoms with Gasteiger partial charge >= 0.3 is 6.18 Å². The van der Waals surface area contributed by atoms with Gasteiger partial charge in [0, 0.05) is 17.2 Å². The molecule has 1 aromatic heterocycles. The number of anilines is 1. The van der Waals surface area contributed by atoms with Gasteiger partial charge in [0.15, 0.2) is 0 Å². The smallest absolute Gasteiger partial charge is 0.378 e. The zero-order valence-electron chi connectivity index (χ0n) is 9.87. The highest BCUT2D eigenvalue weighted by molar-refractivity contribution is 9.10. The maximum absolute atomic E-state index is 12.6. The predicted molar refractivity (Wildman–Crippen MR) is 67.5 cm³/mol. The standard InChI is InChI=1S/C11H10BrF3N4/c1-19-10(17-6-18-19)5-16-7-2-3-8(9(12)4-7)11(13,14)15/h2-4,6,16H,5H2,1H3. The van der Waals surface area contributed by atoms with Crippen LogP contribution in [0.4, 0.5) is 18.9 Å². The molecule has 4 nitrogen and oxygen atoms in total. The number of aromatic nitrogens is 3. The van der Waals surface area contributed by atoms with Crippen molar-refractivity contribution >= 4 is 21.6 Å². The van der Waals surface area contributed by atoms with E-state index in [0.717, 1.165) is 6.07 Å². The van der Waals surface area contributed by atoms with E-state index in [0.29, 0.717) is 18.1 Å². The van der Waals surface area contributed by atoms with Crippen molar-refractivity contribution in [2.24, 2.45) is 7.05 Å². The Morgan fingerprint density at radius 2 is 2.11 bits per heavy atom. The molecule has 1 aromatic carbocycles. The van der Waals surface area contributed by atoms with Crippen LogP contribution in [0.25, 0.3) is 0 Å². The van der Waals surface area contributed by atoms with Gasteiger partial charge in [0.1, 0.15) is 12.2 Å². The van der Waals surface area contributed by atoms with Crippen molar-refractivity contribution in [3.8, 4) is 0 Å². The first kappa shape index (κ1) is 13.9. The van der Waals surface area contributed by atoms with Crippen LogP contribution in [0, 0.1) is 0 Å². The van der Waals surface area contributed by atoms with Gasteiger partial charge in [0.2, 0.25) is 0 Å². The van der Waals surface area contributed by atoms with Crippen molar-refractivity contribution in [2.45, 2.75) is 12.7 Å². The van der Waals surface area contributed by atoms with Crippen molar-refractivity contribution < 1.29 is 13.2 Å². The fourth-order valence-electron chi connectivity index (χ4n) is 1.52. The number of halogens is 4.